The average molecular weight is 236 g/mol. The molecule has 2 heteroatoms. The maximum Gasteiger partial charge on any atom is 0.293 e. The van der Waals surface area contributed by atoms with E-state index in [-0.39, 0.29) is 16.9 Å². The minimum absolute atomic E-state index is 0.0717. The molecule has 2 nitrogen and oxygen atoms in total. The second kappa shape index (κ2) is 4.15. The minimum Gasteiger partial charge on any atom is -0.464 e. The number of carbonyl (C=O) groups is 1. The van der Waals surface area contributed by atoms with Crippen LogP contribution in [0.3, 0.4) is 0 Å². The average Bonchev–Trinajstić information content (AvgIpc) is 2.29. The molecule has 0 heterocycles. The van der Waals surface area contributed by atoms with Gasteiger partial charge in [0.2, 0.25) is 0 Å². The molecule has 0 amide bonds. The van der Waals surface area contributed by atoms with Gasteiger partial charge >= 0.3 is 0 Å². The highest BCUT2D eigenvalue weighted by molar-refractivity contribution is 5.38. The Labute approximate surface area is 104 Å². The monoisotopic (exact) mass is 236 g/mol. The Bertz CT molecular complexity index is 347. The molecule has 2 rings (SSSR count). The number of hydrogen-bond acceptors (Lipinski definition) is 2. The van der Waals surface area contributed by atoms with E-state index in [1.165, 1.54) is 12.0 Å². The van der Waals surface area contributed by atoms with Gasteiger partial charge in [-0.3, -0.25) is 4.79 Å². The number of ether oxygens (including phenoxy) is 1. The fourth-order valence-corrected chi connectivity index (χ4v) is 4.12. The molecule has 0 aromatic carbocycles. The summed E-state index contributed by atoms with van der Waals surface area (Å²) in [7, 11) is 0. The molecule has 0 unspecified atom stereocenters. The van der Waals surface area contributed by atoms with E-state index in [1.54, 1.807) is 0 Å². The lowest BCUT2D eigenvalue weighted by molar-refractivity contribution is -0.164. The predicted octanol–water partition coefficient (Wildman–Crippen LogP) is 3.71. The van der Waals surface area contributed by atoms with Crippen LogP contribution in [0.25, 0.3) is 0 Å². The van der Waals surface area contributed by atoms with E-state index in [2.05, 4.69) is 33.8 Å². The van der Waals surface area contributed by atoms with Gasteiger partial charge in [-0.25, -0.2) is 0 Å². The summed E-state index contributed by atoms with van der Waals surface area (Å²) in [6.07, 6.45) is 7.05. The molecule has 1 fully saturated rings. The zero-order valence-electron chi connectivity index (χ0n) is 11.5. The van der Waals surface area contributed by atoms with Gasteiger partial charge in [0.25, 0.3) is 6.47 Å². The third-order valence-electron chi connectivity index (χ3n) is 5.69. The lowest BCUT2D eigenvalue weighted by atomic mass is 9.48. The standard InChI is InChI=1S/C15H24O2/c1-11-7-9-14(3)12(2)6-5-8-15(14,4)13(11)17-10-16/h6,10-11,13H,5,7-9H2,1-4H3/t11-,13+,14-,15-/m1/s1. The van der Waals surface area contributed by atoms with Crippen molar-refractivity contribution < 1.29 is 9.53 Å². The Morgan fingerprint density at radius 1 is 1.41 bits per heavy atom. The van der Waals surface area contributed by atoms with Gasteiger partial charge in [0.05, 0.1) is 0 Å². The van der Waals surface area contributed by atoms with Crippen LogP contribution in [0.15, 0.2) is 11.6 Å². The summed E-state index contributed by atoms with van der Waals surface area (Å²) in [5.41, 5.74) is 1.79. The van der Waals surface area contributed by atoms with Crippen molar-refractivity contribution in [2.45, 2.75) is 59.5 Å². The molecule has 96 valence electrons. The number of fused-ring (bicyclic) bond motifs is 1. The van der Waals surface area contributed by atoms with Gasteiger partial charge in [0.1, 0.15) is 6.10 Å². The topological polar surface area (TPSA) is 26.3 Å². The quantitative estimate of drug-likeness (QED) is 0.539. The van der Waals surface area contributed by atoms with Gasteiger partial charge in [0, 0.05) is 5.41 Å². The van der Waals surface area contributed by atoms with Gasteiger partial charge in [-0.05, 0) is 43.9 Å². The fourth-order valence-electron chi connectivity index (χ4n) is 4.12. The Hall–Kier alpha value is -0.790. The van der Waals surface area contributed by atoms with Crippen LogP contribution in [0.5, 0.6) is 0 Å². The second-order valence-corrected chi connectivity index (χ2v) is 6.34. The molecule has 0 aromatic heterocycles. The van der Waals surface area contributed by atoms with E-state index in [1.807, 2.05) is 0 Å². The molecular formula is C15H24O2. The van der Waals surface area contributed by atoms with E-state index < -0.39 is 0 Å². The van der Waals surface area contributed by atoms with Crippen molar-refractivity contribution in [2.75, 3.05) is 0 Å². The van der Waals surface area contributed by atoms with Gasteiger partial charge in [-0.2, -0.15) is 0 Å². The number of rotatable bonds is 2. The first-order valence-corrected chi connectivity index (χ1v) is 6.72. The Morgan fingerprint density at radius 3 is 2.76 bits per heavy atom. The van der Waals surface area contributed by atoms with E-state index in [9.17, 15) is 4.79 Å². The maximum absolute atomic E-state index is 10.8. The highest BCUT2D eigenvalue weighted by Gasteiger charge is 2.56. The molecule has 4 atom stereocenters. The van der Waals surface area contributed by atoms with Gasteiger partial charge < -0.3 is 4.74 Å². The van der Waals surface area contributed by atoms with Gasteiger partial charge in [-0.15, -0.1) is 0 Å². The number of hydrogen-bond donors (Lipinski definition) is 0. The fraction of sp³-hybridized carbons (Fsp3) is 0.800. The van der Waals surface area contributed by atoms with Gasteiger partial charge in [-0.1, -0.05) is 32.4 Å². The Kier molecular flexibility index (Phi) is 3.09. The van der Waals surface area contributed by atoms with Crippen molar-refractivity contribution in [3.8, 4) is 0 Å². The Morgan fingerprint density at radius 2 is 2.12 bits per heavy atom. The molecule has 0 radical (unpaired) electrons. The SMILES string of the molecule is CC1=CCC[C@]2(C)[C@@H](OC=O)[C@H](C)CC[C@]12C. The third-order valence-corrected chi connectivity index (χ3v) is 5.69. The van der Waals surface area contributed by atoms with Crippen molar-refractivity contribution in [3.05, 3.63) is 11.6 Å². The van der Waals surface area contributed by atoms with Crippen molar-refractivity contribution in [1.29, 1.82) is 0 Å². The first kappa shape index (κ1) is 12.7. The first-order chi connectivity index (χ1) is 7.95. The van der Waals surface area contributed by atoms with E-state index in [0.717, 1.165) is 19.3 Å². The van der Waals surface area contributed by atoms with Crippen LogP contribution in [0.4, 0.5) is 0 Å². The third kappa shape index (κ3) is 1.64. The summed E-state index contributed by atoms with van der Waals surface area (Å²) in [6, 6.07) is 0. The molecule has 2 aliphatic carbocycles. The summed E-state index contributed by atoms with van der Waals surface area (Å²) in [6.45, 7) is 9.77. The van der Waals surface area contributed by atoms with Crippen molar-refractivity contribution in [3.63, 3.8) is 0 Å². The van der Waals surface area contributed by atoms with E-state index >= 15 is 0 Å². The van der Waals surface area contributed by atoms with Crippen LogP contribution in [-0.2, 0) is 9.53 Å². The van der Waals surface area contributed by atoms with Crippen molar-refractivity contribution in [2.24, 2.45) is 16.7 Å². The van der Waals surface area contributed by atoms with Crippen LogP contribution in [0, 0.1) is 16.7 Å². The lowest BCUT2D eigenvalue weighted by Gasteiger charge is -2.58. The summed E-state index contributed by atoms with van der Waals surface area (Å²) >= 11 is 0. The molecule has 0 bridgehead atoms. The summed E-state index contributed by atoms with van der Waals surface area (Å²) in [5.74, 6) is 0.476. The number of allylic oxidation sites excluding steroid dienone is 2. The van der Waals surface area contributed by atoms with Crippen molar-refractivity contribution in [1.82, 2.24) is 0 Å². The summed E-state index contributed by atoms with van der Waals surface area (Å²) in [5, 5.41) is 0. The first-order valence-electron chi connectivity index (χ1n) is 6.72. The van der Waals surface area contributed by atoms with Crippen molar-refractivity contribution >= 4 is 6.47 Å². The van der Waals surface area contributed by atoms with E-state index in [4.69, 9.17) is 4.74 Å². The van der Waals surface area contributed by atoms with Crippen LogP contribution in [-0.4, -0.2) is 12.6 Å². The largest absolute Gasteiger partial charge is 0.464 e. The summed E-state index contributed by atoms with van der Waals surface area (Å²) in [4.78, 5) is 10.8. The zero-order chi connectivity index (χ0) is 12.7. The molecule has 2 aliphatic rings. The molecule has 0 spiro atoms. The molecule has 0 N–H and O–H groups in total. The van der Waals surface area contributed by atoms with Crippen LogP contribution in [0.1, 0.15) is 53.4 Å². The normalized spacial score (nSPS) is 45.8. The molecule has 1 saturated carbocycles. The molecule has 0 aliphatic heterocycles. The summed E-state index contributed by atoms with van der Waals surface area (Å²) < 4.78 is 5.47. The lowest BCUT2D eigenvalue weighted by Crippen LogP contribution is -2.55. The number of carbonyl (C=O) groups excluding carboxylic acids is 1. The van der Waals surface area contributed by atoms with Crippen LogP contribution in [0.2, 0.25) is 0 Å². The predicted molar refractivity (Wildman–Crippen MR) is 68.5 cm³/mol. The molecule has 0 saturated heterocycles. The highest BCUT2D eigenvalue weighted by Crippen LogP contribution is 2.60. The maximum atomic E-state index is 10.8. The van der Waals surface area contributed by atoms with E-state index in [0.29, 0.717) is 12.4 Å². The molecular weight excluding hydrogens is 212 g/mol. The smallest absolute Gasteiger partial charge is 0.293 e. The highest BCUT2D eigenvalue weighted by atomic mass is 16.5. The van der Waals surface area contributed by atoms with Crippen LogP contribution < -0.4 is 0 Å². The second-order valence-electron chi connectivity index (χ2n) is 6.34. The minimum atomic E-state index is 0.0717. The molecule has 0 aromatic rings. The Balaban J connectivity index is 2.42. The van der Waals surface area contributed by atoms with Crippen LogP contribution >= 0.6 is 0 Å². The zero-order valence-corrected chi connectivity index (χ0v) is 11.5. The van der Waals surface area contributed by atoms with Gasteiger partial charge in [0.15, 0.2) is 0 Å². The molecule has 17 heavy (non-hydrogen) atoms.